The standard InChI is InChI=1S/C15H15NO3S/c1-8-4-6-11(7-5-8)16-14(17)13-12(15(18)19)9(2)10(3)20-13/h4-7H,1-3H3,(H,16,17)(H,18,19). The number of hydrogen-bond acceptors (Lipinski definition) is 3. The molecule has 2 N–H and O–H groups in total. The van der Waals surface area contributed by atoms with Gasteiger partial charge >= 0.3 is 5.97 Å². The molecule has 5 heteroatoms. The molecule has 1 heterocycles. The number of carbonyl (C=O) groups is 2. The Balaban J connectivity index is 2.32. The van der Waals surface area contributed by atoms with E-state index in [-0.39, 0.29) is 16.3 Å². The summed E-state index contributed by atoms with van der Waals surface area (Å²) in [6.45, 7) is 5.49. The zero-order chi connectivity index (χ0) is 14.9. The van der Waals surface area contributed by atoms with Crippen LogP contribution in [0.5, 0.6) is 0 Å². The lowest BCUT2D eigenvalue weighted by molar-refractivity contribution is 0.0692. The fraction of sp³-hybridized carbons (Fsp3) is 0.200. The van der Waals surface area contributed by atoms with Crippen molar-refractivity contribution in [1.29, 1.82) is 0 Å². The van der Waals surface area contributed by atoms with E-state index >= 15 is 0 Å². The van der Waals surface area contributed by atoms with Crippen LogP contribution in [0.15, 0.2) is 24.3 Å². The van der Waals surface area contributed by atoms with Crippen molar-refractivity contribution in [3.63, 3.8) is 0 Å². The molecule has 0 bridgehead atoms. The van der Waals surface area contributed by atoms with Gasteiger partial charge in [0.2, 0.25) is 0 Å². The number of thiophene rings is 1. The second-order valence-corrected chi connectivity index (χ2v) is 5.84. The summed E-state index contributed by atoms with van der Waals surface area (Å²) < 4.78 is 0. The molecule has 0 spiro atoms. The van der Waals surface area contributed by atoms with Crippen LogP contribution in [0, 0.1) is 20.8 Å². The van der Waals surface area contributed by atoms with E-state index in [1.165, 1.54) is 11.3 Å². The van der Waals surface area contributed by atoms with E-state index in [0.717, 1.165) is 10.4 Å². The summed E-state index contributed by atoms with van der Waals surface area (Å²) in [5.41, 5.74) is 2.49. The van der Waals surface area contributed by atoms with Crippen molar-refractivity contribution in [2.24, 2.45) is 0 Å². The van der Waals surface area contributed by atoms with Gasteiger partial charge in [-0.15, -0.1) is 11.3 Å². The Morgan fingerprint density at radius 3 is 2.25 bits per heavy atom. The maximum Gasteiger partial charge on any atom is 0.337 e. The summed E-state index contributed by atoms with van der Waals surface area (Å²) in [6.07, 6.45) is 0. The molecule has 0 saturated carbocycles. The summed E-state index contributed by atoms with van der Waals surface area (Å²) in [5, 5.41) is 12.0. The van der Waals surface area contributed by atoms with E-state index in [1.807, 2.05) is 26.0 Å². The second kappa shape index (κ2) is 5.46. The fourth-order valence-corrected chi connectivity index (χ4v) is 2.92. The lowest BCUT2D eigenvalue weighted by atomic mass is 10.1. The van der Waals surface area contributed by atoms with Gasteiger partial charge in [0, 0.05) is 10.6 Å². The van der Waals surface area contributed by atoms with Crippen LogP contribution in [0.1, 0.15) is 36.0 Å². The van der Waals surface area contributed by atoms with E-state index < -0.39 is 5.97 Å². The topological polar surface area (TPSA) is 66.4 Å². The number of anilines is 1. The number of carboxylic acids is 1. The minimum Gasteiger partial charge on any atom is -0.478 e. The van der Waals surface area contributed by atoms with Crippen molar-refractivity contribution in [3.05, 3.63) is 50.7 Å². The summed E-state index contributed by atoms with van der Waals surface area (Å²) in [5.74, 6) is -1.45. The van der Waals surface area contributed by atoms with E-state index in [2.05, 4.69) is 5.32 Å². The Hall–Kier alpha value is -2.14. The zero-order valence-corrected chi connectivity index (χ0v) is 12.3. The van der Waals surface area contributed by atoms with E-state index in [4.69, 9.17) is 0 Å². The average molecular weight is 289 g/mol. The molecule has 0 unspecified atom stereocenters. The molecule has 20 heavy (non-hydrogen) atoms. The molecule has 1 amide bonds. The number of aromatic carboxylic acids is 1. The third-order valence-electron chi connectivity index (χ3n) is 3.11. The lowest BCUT2D eigenvalue weighted by Gasteiger charge is -2.05. The Morgan fingerprint density at radius 1 is 1.10 bits per heavy atom. The maximum atomic E-state index is 12.2. The van der Waals surface area contributed by atoms with Gasteiger partial charge in [-0.25, -0.2) is 4.79 Å². The van der Waals surface area contributed by atoms with E-state index in [1.54, 1.807) is 19.1 Å². The number of nitrogens with one attached hydrogen (secondary N) is 1. The van der Waals surface area contributed by atoms with E-state index in [9.17, 15) is 14.7 Å². The van der Waals surface area contributed by atoms with Crippen LogP contribution in [0.3, 0.4) is 0 Å². The molecule has 0 aliphatic rings. The average Bonchev–Trinajstić information content (AvgIpc) is 2.69. The van der Waals surface area contributed by atoms with Crippen molar-refractivity contribution >= 4 is 28.9 Å². The van der Waals surface area contributed by atoms with Gasteiger partial charge in [-0.3, -0.25) is 4.79 Å². The van der Waals surface area contributed by atoms with Crippen molar-refractivity contribution in [2.75, 3.05) is 5.32 Å². The SMILES string of the molecule is Cc1ccc(NC(=O)c2sc(C)c(C)c2C(=O)O)cc1. The van der Waals surface area contributed by atoms with Crippen LogP contribution in [0.4, 0.5) is 5.69 Å². The molecule has 0 aliphatic heterocycles. The molecule has 0 radical (unpaired) electrons. The highest BCUT2D eigenvalue weighted by molar-refractivity contribution is 7.14. The van der Waals surface area contributed by atoms with Gasteiger partial charge in [-0.1, -0.05) is 17.7 Å². The number of rotatable bonds is 3. The highest BCUT2D eigenvalue weighted by atomic mass is 32.1. The highest BCUT2D eigenvalue weighted by Gasteiger charge is 2.23. The second-order valence-electron chi connectivity index (χ2n) is 4.61. The molecule has 1 aromatic carbocycles. The molecule has 0 saturated heterocycles. The molecule has 0 fully saturated rings. The molecule has 2 aromatic rings. The monoisotopic (exact) mass is 289 g/mol. The third-order valence-corrected chi connectivity index (χ3v) is 4.32. The first-order valence-electron chi connectivity index (χ1n) is 6.11. The van der Waals surface area contributed by atoms with Gasteiger partial charge in [0.15, 0.2) is 0 Å². The lowest BCUT2D eigenvalue weighted by Crippen LogP contribution is -2.14. The Morgan fingerprint density at radius 2 is 1.70 bits per heavy atom. The molecule has 0 aliphatic carbocycles. The summed E-state index contributed by atoms with van der Waals surface area (Å²) in [7, 11) is 0. The first kappa shape index (κ1) is 14.3. The van der Waals surface area contributed by atoms with Crippen molar-refractivity contribution < 1.29 is 14.7 Å². The Bertz CT molecular complexity index is 671. The fourth-order valence-electron chi connectivity index (χ4n) is 1.87. The number of benzene rings is 1. The first-order chi connectivity index (χ1) is 9.40. The molecule has 2 rings (SSSR count). The van der Waals surface area contributed by atoms with Gasteiger partial charge < -0.3 is 10.4 Å². The molecule has 104 valence electrons. The molecule has 0 atom stereocenters. The van der Waals surface area contributed by atoms with Gasteiger partial charge in [0.1, 0.15) is 4.88 Å². The summed E-state index contributed by atoms with van der Waals surface area (Å²) in [6, 6.07) is 7.36. The minimum atomic E-state index is -1.07. The summed E-state index contributed by atoms with van der Waals surface area (Å²) in [4.78, 5) is 24.6. The number of aryl methyl sites for hydroxylation is 2. The largest absolute Gasteiger partial charge is 0.478 e. The predicted octanol–water partition coefficient (Wildman–Crippen LogP) is 3.62. The Kier molecular flexibility index (Phi) is 3.90. The zero-order valence-electron chi connectivity index (χ0n) is 11.5. The van der Waals surface area contributed by atoms with Gasteiger partial charge in [-0.2, -0.15) is 0 Å². The quantitative estimate of drug-likeness (QED) is 0.906. The van der Waals surface area contributed by atoms with Crippen molar-refractivity contribution in [2.45, 2.75) is 20.8 Å². The van der Waals surface area contributed by atoms with Crippen molar-refractivity contribution in [3.8, 4) is 0 Å². The normalized spacial score (nSPS) is 10.3. The van der Waals surface area contributed by atoms with E-state index in [0.29, 0.717) is 11.3 Å². The molecular weight excluding hydrogens is 274 g/mol. The maximum absolute atomic E-state index is 12.2. The number of carbonyl (C=O) groups excluding carboxylic acids is 1. The number of hydrogen-bond donors (Lipinski definition) is 2. The summed E-state index contributed by atoms with van der Waals surface area (Å²) >= 11 is 1.21. The van der Waals surface area contributed by atoms with Crippen LogP contribution in [-0.4, -0.2) is 17.0 Å². The predicted molar refractivity (Wildman–Crippen MR) is 79.9 cm³/mol. The molecule has 4 nitrogen and oxygen atoms in total. The Labute approximate surface area is 121 Å². The van der Waals surface area contributed by atoms with Crippen LogP contribution >= 0.6 is 11.3 Å². The first-order valence-corrected chi connectivity index (χ1v) is 6.93. The molecular formula is C15H15NO3S. The van der Waals surface area contributed by atoms with Crippen LogP contribution in [-0.2, 0) is 0 Å². The number of amides is 1. The van der Waals surface area contributed by atoms with Crippen molar-refractivity contribution in [1.82, 2.24) is 0 Å². The third kappa shape index (κ3) is 2.72. The van der Waals surface area contributed by atoms with Crippen LogP contribution < -0.4 is 5.32 Å². The van der Waals surface area contributed by atoms with Crippen LogP contribution in [0.2, 0.25) is 0 Å². The van der Waals surface area contributed by atoms with Gasteiger partial charge in [-0.05, 0) is 38.5 Å². The minimum absolute atomic E-state index is 0.0945. The van der Waals surface area contributed by atoms with Gasteiger partial charge in [0.05, 0.1) is 5.56 Å². The smallest absolute Gasteiger partial charge is 0.337 e. The number of carboxylic acid groups (broad SMARTS) is 1. The van der Waals surface area contributed by atoms with Gasteiger partial charge in [0.25, 0.3) is 5.91 Å². The molecule has 1 aromatic heterocycles. The highest BCUT2D eigenvalue weighted by Crippen LogP contribution is 2.28. The van der Waals surface area contributed by atoms with Crippen LogP contribution in [0.25, 0.3) is 0 Å².